The number of nitrogens with zero attached hydrogens (tertiary/aromatic N) is 1. The molecule has 0 aliphatic carbocycles. The zero-order chi connectivity index (χ0) is 16.8. The Morgan fingerprint density at radius 3 is 2.64 bits per heavy atom. The van der Waals surface area contributed by atoms with Crippen LogP contribution in [0.4, 0.5) is 5.69 Å². The van der Waals surface area contributed by atoms with E-state index in [-0.39, 0.29) is 24.5 Å². The van der Waals surface area contributed by atoms with Crippen LogP contribution < -0.4 is 5.32 Å². The predicted octanol–water partition coefficient (Wildman–Crippen LogP) is 2.78. The Kier molecular flexibility index (Phi) is 6.57. The third kappa shape index (κ3) is 5.49. The van der Waals surface area contributed by atoms with E-state index in [4.69, 9.17) is 5.26 Å². The molecule has 22 heavy (non-hydrogen) atoms. The highest BCUT2D eigenvalue weighted by Crippen LogP contribution is 2.27. The number of carbonyl (C=O) groups excluding carboxylic acids is 1. The number of aryl methyl sites for hydroxylation is 1. The Hall–Kier alpha value is -1.87. The van der Waals surface area contributed by atoms with Crippen LogP contribution >= 0.6 is 0 Å². The fourth-order valence-electron chi connectivity index (χ4n) is 2.16. The van der Waals surface area contributed by atoms with Gasteiger partial charge in [0.1, 0.15) is 5.75 Å². The Balaban J connectivity index is 2.80. The van der Waals surface area contributed by atoms with Crippen molar-refractivity contribution in [2.45, 2.75) is 39.5 Å². The molecule has 0 saturated carbocycles. The highest BCUT2D eigenvalue weighted by atomic mass is 32.2. The summed E-state index contributed by atoms with van der Waals surface area (Å²) in [5.74, 6) is -1.00. The summed E-state index contributed by atoms with van der Waals surface area (Å²) < 4.78 is 23.7. The van der Waals surface area contributed by atoms with Gasteiger partial charge in [-0.05, 0) is 30.4 Å². The van der Waals surface area contributed by atoms with Crippen molar-refractivity contribution in [2.24, 2.45) is 0 Å². The van der Waals surface area contributed by atoms with Crippen molar-refractivity contribution in [2.75, 3.05) is 16.8 Å². The molecule has 0 unspecified atom stereocenters. The first kappa shape index (κ1) is 18.2. The summed E-state index contributed by atoms with van der Waals surface area (Å²) in [6, 6.07) is 7.61. The molecule has 1 rings (SSSR count). The molecule has 0 aliphatic rings. The van der Waals surface area contributed by atoms with Crippen LogP contribution in [0.3, 0.4) is 0 Å². The third-order valence-electron chi connectivity index (χ3n) is 3.29. The first-order valence-corrected chi connectivity index (χ1v) is 9.05. The number of nitrogens with one attached hydrogen (secondary N) is 1. The first-order chi connectivity index (χ1) is 10.3. The van der Waals surface area contributed by atoms with E-state index >= 15 is 0 Å². The smallest absolute Gasteiger partial charge is 0.239 e. The van der Waals surface area contributed by atoms with Gasteiger partial charge in [0.25, 0.3) is 0 Å². The molecular weight excluding hydrogens is 300 g/mol. The quantitative estimate of drug-likeness (QED) is 0.782. The van der Waals surface area contributed by atoms with E-state index in [0.717, 1.165) is 11.1 Å². The van der Waals surface area contributed by atoms with Crippen molar-refractivity contribution >= 4 is 21.4 Å². The lowest BCUT2D eigenvalue weighted by molar-refractivity contribution is -0.113. The molecule has 6 heteroatoms. The highest BCUT2D eigenvalue weighted by molar-refractivity contribution is 7.92. The fourth-order valence-corrected chi connectivity index (χ4v) is 3.36. The van der Waals surface area contributed by atoms with Crippen molar-refractivity contribution < 1.29 is 13.2 Å². The maximum atomic E-state index is 12.0. The Bertz CT molecular complexity index is 673. The van der Waals surface area contributed by atoms with E-state index in [1.165, 1.54) is 0 Å². The van der Waals surface area contributed by atoms with Gasteiger partial charge in [0.15, 0.2) is 9.84 Å². The molecule has 0 radical (unpaired) electrons. The summed E-state index contributed by atoms with van der Waals surface area (Å²) in [5.41, 5.74) is 2.58. The molecule has 1 aromatic rings. The number of carbonyl (C=O) groups is 1. The second-order valence-electron chi connectivity index (χ2n) is 5.60. The van der Waals surface area contributed by atoms with Crippen molar-refractivity contribution in [3.63, 3.8) is 0 Å². The van der Waals surface area contributed by atoms with Crippen molar-refractivity contribution in [3.05, 3.63) is 29.3 Å². The van der Waals surface area contributed by atoms with Crippen LogP contribution in [-0.2, 0) is 14.6 Å². The lowest BCUT2D eigenvalue weighted by Crippen LogP contribution is -2.25. The number of rotatable bonds is 7. The average Bonchev–Trinajstić information content (AvgIpc) is 2.40. The number of unbranched alkanes of at least 4 members (excludes halogenated alkanes) is 1. The molecule has 0 saturated heterocycles. The topological polar surface area (TPSA) is 87.0 Å². The second-order valence-corrected chi connectivity index (χ2v) is 7.78. The van der Waals surface area contributed by atoms with Gasteiger partial charge in [0.05, 0.1) is 11.8 Å². The van der Waals surface area contributed by atoms with Crippen LogP contribution in [0.25, 0.3) is 0 Å². The standard InChI is InChI=1S/C16H22N2O3S/c1-12(2)14-8-6-7-13(3)16(14)18-15(19)11-22(20,21)10-5-4-9-17/h6-8,12H,4-5,10-11H2,1-3H3,(H,18,19). The van der Waals surface area contributed by atoms with Gasteiger partial charge in [0.2, 0.25) is 5.91 Å². The summed E-state index contributed by atoms with van der Waals surface area (Å²) >= 11 is 0. The maximum Gasteiger partial charge on any atom is 0.239 e. The summed E-state index contributed by atoms with van der Waals surface area (Å²) in [6.07, 6.45) is 0.434. The zero-order valence-electron chi connectivity index (χ0n) is 13.2. The fraction of sp³-hybridized carbons (Fsp3) is 0.500. The normalized spacial score (nSPS) is 11.2. The van der Waals surface area contributed by atoms with Crippen LogP contribution in [0, 0.1) is 18.3 Å². The predicted molar refractivity (Wildman–Crippen MR) is 87.4 cm³/mol. The maximum absolute atomic E-state index is 12.0. The van der Waals surface area contributed by atoms with E-state index in [1.807, 2.05) is 45.0 Å². The largest absolute Gasteiger partial charge is 0.325 e. The molecule has 0 heterocycles. The molecule has 0 atom stereocenters. The van der Waals surface area contributed by atoms with Gasteiger partial charge in [-0.3, -0.25) is 4.79 Å². The molecule has 0 fully saturated rings. The van der Waals surface area contributed by atoms with Gasteiger partial charge in [0, 0.05) is 12.1 Å². The number of sulfone groups is 1. The molecular formula is C16H22N2O3S. The molecule has 0 spiro atoms. The zero-order valence-corrected chi connectivity index (χ0v) is 14.0. The first-order valence-electron chi connectivity index (χ1n) is 7.23. The highest BCUT2D eigenvalue weighted by Gasteiger charge is 2.18. The molecule has 0 aromatic heterocycles. The molecule has 120 valence electrons. The average molecular weight is 322 g/mol. The van der Waals surface area contributed by atoms with Gasteiger partial charge < -0.3 is 5.32 Å². The van der Waals surface area contributed by atoms with E-state index in [9.17, 15) is 13.2 Å². The van der Waals surface area contributed by atoms with Gasteiger partial charge in [-0.15, -0.1) is 0 Å². The summed E-state index contributed by atoms with van der Waals surface area (Å²) in [5, 5.41) is 11.2. The Morgan fingerprint density at radius 1 is 1.36 bits per heavy atom. The lowest BCUT2D eigenvalue weighted by Gasteiger charge is -2.16. The van der Waals surface area contributed by atoms with E-state index < -0.39 is 21.5 Å². The summed E-state index contributed by atoms with van der Waals surface area (Å²) in [6.45, 7) is 5.91. The SMILES string of the molecule is Cc1cccc(C(C)C)c1NC(=O)CS(=O)(=O)CCCC#N. The van der Waals surface area contributed by atoms with E-state index in [0.29, 0.717) is 5.69 Å². The van der Waals surface area contributed by atoms with Crippen LogP contribution in [0.2, 0.25) is 0 Å². The number of hydrogen-bond acceptors (Lipinski definition) is 4. The van der Waals surface area contributed by atoms with Crippen LogP contribution in [0.1, 0.15) is 43.7 Å². The van der Waals surface area contributed by atoms with Crippen molar-refractivity contribution in [1.29, 1.82) is 5.26 Å². The van der Waals surface area contributed by atoms with Crippen LogP contribution in [0.5, 0.6) is 0 Å². The molecule has 0 bridgehead atoms. The Labute approximate surface area is 132 Å². The molecule has 1 aromatic carbocycles. The van der Waals surface area contributed by atoms with E-state index in [2.05, 4.69) is 5.32 Å². The van der Waals surface area contributed by atoms with Gasteiger partial charge in [-0.25, -0.2) is 8.42 Å². The van der Waals surface area contributed by atoms with Crippen LogP contribution in [0.15, 0.2) is 18.2 Å². The second kappa shape index (κ2) is 7.95. The Morgan fingerprint density at radius 2 is 2.05 bits per heavy atom. The number of para-hydroxylation sites is 1. The third-order valence-corrected chi connectivity index (χ3v) is 4.90. The lowest BCUT2D eigenvalue weighted by atomic mass is 9.98. The van der Waals surface area contributed by atoms with Gasteiger partial charge in [-0.1, -0.05) is 32.0 Å². The number of amides is 1. The molecule has 0 aliphatic heterocycles. The van der Waals surface area contributed by atoms with Crippen LogP contribution in [-0.4, -0.2) is 25.8 Å². The number of hydrogen-bond donors (Lipinski definition) is 1. The number of nitriles is 1. The minimum Gasteiger partial charge on any atom is -0.325 e. The summed E-state index contributed by atoms with van der Waals surface area (Å²) in [4.78, 5) is 12.0. The molecule has 1 N–H and O–H groups in total. The minimum absolute atomic E-state index is 0.140. The minimum atomic E-state index is -3.48. The van der Waals surface area contributed by atoms with Crippen molar-refractivity contribution in [1.82, 2.24) is 0 Å². The molecule has 5 nitrogen and oxygen atoms in total. The number of anilines is 1. The monoisotopic (exact) mass is 322 g/mol. The van der Waals surface area contributed by atoms with E-state index in [1.54, 1.807) is 0 Å². The van der Waals surface area contributed by atoms with Gasteiger partial charge in [-0.2, -0.15) is 5.26 Å². The van der Waals surface area contributed by atoms with Gasteiger partial charge >= 0.3 is 0 Å². The summed E-state index contributed by atoms with van der Waals surface area (Å²) in [7, 11) is -3.48. The molecule has 1 amide bonds. The van der Waals surface area contributed by atoms with Crippen molar-refractivity contribution in [3.8, 4) is 6.07 Å². The number of benzene rings is 1.